The number of benzene rings is 2. The van der Waals surface area contributed by atoms with Gasteiger partial charge in [0, 0.05) is 3.57 Å². The summed E-state index contributed by atoms with van der Waals surface area (Å²) in [5.41, 5.74) is 4.23. The zero-order valence-corrected chi connectivity index (χ0v) is 18.1. The Kier molecular flexibility index (Phi) is 7.19. The van der Waals surface area contributed by atoms with E-state index in [9.17, 15) is 13.2 Å². The Morgan fingerprint density at radius 2 is 1.74 bits per heavy atom. The SMILES string of the molecule is COc1ccc(/C(C)=N\NC(=O)CN(c2ccc(I)cc2)S(C)(=O)=O)cc1. The van der Waals surface area contributed by atoms with E-state index in [4.69, 9.17) is 4.74 Å². The van der Waals surface area contributed by atoms with Crippen LogP contribution in [0.5, 0.6) is 5.75 Å². The first-order valence-electron chi connectivity index (χ1n) is 7.91. The van der Waals surface area contributed by atoms with Crippen molar-refractivity contribution in [3.8, 4) is 5.75 Å². The number of hydrazone groups is 1. The second-order valence-corrected chi connectivity index (χ2v) is 8.86. The van der Waals surface area contributed by atoms with Crippen LogP contribution in [0.15, 0.2) is 53.6 Å². The molecule has 0 aliphatic rings. The molecule has 0 spiro atoms. The summed E-state index contributed by atoms with van der Waals surface area (Å²) < 4.78 is 31.2. The number of carbonyl (C=O) groups excluding carboxylic acids is 1. The summed E-state index contributed by atoms with van der Waals surface area (Å²) in [5, 5.41) is 4.05. The Labute approximate surface area is 172 Å². The summed E-state index contributed by atoms with van der Waals surface area (Å²) >= 11 is 2.12. The van der Waals surface area contributed by atoms with Gasteiger partial charge in [0.2, 0.25) is 10.0 Å². The van der Waals surface area contributed by atoms with E-state index >= 15 is 0 Å². The molecule has 7 nitrogen and oxygen atoms in total. The van der Waals surface area contributed by atoms with Crippen LogP contribution < -0.4 is 14.5 Å². The molecule has 0 fully saturated rings. The van der Waals surface area contributed by atoms with Gasteiger partial charge >= 0.3 is 0 Å². The molecule has 9 heteroatoms. The van der Waals surface area contributed by atoms with Crippen LogP contribution in [-0.2, 0) is 14.8 Å². The molecule has 27 heavy (non-hydrogen) atoms. The fourth-order valence-electron chi connectivity index (χ4n) is 2.22. The normalized spacial score (nSPS) is 11.8. The molecular formula is C18H20IN3O4S. The number of amides is 1. The van der Waals surface area contributed by atoms with Crippen LogP contribution in [0.3, 0.4) is 0 Å². The molecular weight excluding hydrogens is 481 g/mol. The highest BCUT2D eigenvalue weighted by Crippen LogP contribution is 2.19. The van der Waals surface area contributed by atoms with Gasteiger partial charge in [-0.3, -0.25) is 9.10 Å². The van der Waals surface area contributed by atoms with Crippen molar-refractivity contribution in [1.29, 1.82) is 0 Å². The summed E-state index contributed by atoms with van der Waals surface area (Å²) in [7, 11) is -2.04. The van der Waals surface area contributed by atoms with Gasteiger partial charge in [-0.2, -0.15) is 5.10 Å². The number of ether oxygens (including phenoxy) is 1. The highest BCUT2D eigenvalue weighted by Gasteiger charge is 2.20. The third kappa shape index (κ3) is 6.21. The minimum Gasteiger partial charge on any atom is -0.497 e. The lowest BCUT2D eigenvalue weighted by Gasteiger charge is -2.21. The molecule has 2 rings (SSSR count). The molecule has 0 aliphatic heterocycles. The fourth-order valence-corrected chi connectivity index (χ4v) is 3.43. The summed E-state index contributed by atoms with van der Waals surface area (Å²) in [6.07, 6.45) is 1.06. The van der Waals surface area contributed by atoms with E-state index in [0.29, 0.717) is 11.4 Å². The van der Waals surface area contributed by atoms with Crippen molar-refractivity contribution >= 4 is 49.9 Å². The van der Waals surface area contributed by atoms with Crippen molar-refractivity contribution < 1.29 is 17.9 Å². The Bertz CT molecular complexity index is 926. The maximum atomic E-state index is 12.2. The Balaban J connectivity index is 2.09. The summed E-state index contributed by atoms with van der Waals surface area (Å²) in [6, 6.07) is 14.1. The lowest BCUT2D eigenvalue weighted by molar-refractivity contribution is -0.119. The third-order valence-corrected chi connectivity index (χ3v) is 5.52. The highest BCUT2D eigenvalue weighted by molar-refractivity contribution is 14.1. The minimum absolute atomic E-state index is 0.362. The molecule has 0 aliphatic carbocycles. The van der Waals surface area contributed by atoms with E-state index in [-0.39, 0.29) is 6.54 Å². The molecule has 2 aromatic carbocycles. The predicted molar refractivity (Wildman–Crippen MR) is 115 cm³/mol. The molecule has 144 valence electrons. The molecule has 2 aromatic rings. The molecule has 0 heterocycles. The van der Waals surface area contributed by atoms with Crippen molar-refractivity contribution in [2.24, 2.45) is 5.10 Å². The number of anilines is 1. The number of nitrogens with one attached hydrogen (secondary N) is 1. The zero-order valence-electron chi connectivity index (χ0n) is 15.1. The average molecular weight is 501 g/mol. The first kappa shape index (κ1) is 21.2. The lowest BCUT2D eigenvalue weighted by Crippen LogP contribution is -2.39. The molecule has 0 atom stereocenters. The van der Waals surface area contributed by atoms with E-state index in [1.807, 2.05) is 12.1 Å². The number of methoxy groups -OCH3 is 1. The van der Waals surface area contributed by atoms with E-state index in [0.717, 1.165) is 25.4 Å². The van der Waals surface area contributed by atoms with Gasteiger partial charge in [-0.15, -0.1) is 0 Å². The van der Waals surface area contributed by atoms with Gasteiger partial charge in [-0.25, -0.2) is 13.8 Å². The number of sulfonamides is 1. The van der Waals surface area contributed by atoms with Crippen molar-refractivity contribution in [3.05, 3.63) is 57.7 Å². The molecule has 0 saturated heterocycles. The zero-order chi connectivity index (χ0) is 20.0. The number of nitrogens with zero attached hydrogens (tertiary/aromatic N) is 2. The summed E-state index contributed by atoms with van der Waals surface area (Å²) in [6.45, 7) is 1.38. The van der Waals surface area contributed by atoms with Crippen molar-refractivity contribution in [2.75, 3.05) is 24.2 Å². The van der Waals surface area contributed by atoms with Crippen molar-refractivity contribution in [3.63, 3.8) is 0 Å². The largest absolute Gasteiger partial charge is 0.497 e. The first-order valence-corrected chi connectivity index (χ1v) is 10.8. The lowest BCUT2D eigenvalue weighted by atomic mass is 10.1. The molecule has 0 unspecified atom stereocenters. The molecule has 0 saturated carbocycles. The molecule has 1 N–H and O–H groups in total. The maximum absolute atomic E-state index is 12.2. The van der Waals surface area contributed by atoms with Gasteiger partial charge in [-0.1, -0.05) is 0 Å². The number of hydrogen-bond acceptors (Lipinski definition) is 5. The topological polar surface area (TPSA) is 88.1 Å². The van der Waals surface area contributed by atoms with E-state index in [1.54, 1.807) is 50.4 Å². The second-order valence-electron chi connectivity index (χ2n) is 5.71. The van der Waals surface area contributed by atoms with Gasteiger partial charge in [-0.05, 0) is 83.6 Å². The quantitative estimate of drug-likeness (QED) is 0.359. The van der Waals surface area contributed by atoms with Crippen LogP contribution in [0.2, 0.25) is 0 Å². The van der Waals surface area contributed by atoms with Crippen molar-refractivity contribution in [1.82, 2.24) is 5.43 Å². The van der Waals surface area contributed by atoms with E-state index in [1.165, 1.54) is 0 Å². The van der Waals surface area contributed by atoms with Crippen LogP contribution in [-0.4, -0.2) is 39.9 Å². The molecule has 0 aromatic heterocycles. The van der Waals surface area contributed by atoms with Crippen LogP contribution >= 0.6 is 22.6 Å². The standard InChI is InChI=1S/C18H20IN3O4S/c1-13(14-4-10-17(26-2)11-5-14)20-21-18(23)12-22(27(3,24)25)16-8-6-15(19)7-9-16/h4-11H,12H2,1-3H3,(H,21,23)/b20-13-. The molecule has 0 radical (unpaired) electrons. The Morgan fingerprint density at radius 1 is 1.15 bits per heavy atom. The fraction of sp³-hybridized carbons (Fsp3) is 0.222. The number of rotatable bonds is 7. The first-order chi connectivity index (χ1) is 12.7. The van der Waals surface area contributed by atoms with Gasteiger partial charge in [0.25, 0.3) is 5.91 Å². The molecule has 1 amide bonds. The predicted octanol–water partition coefficient (Wildman–Crippen LogP) is 2.61. The average Bonchev–Trinajstić information content (AvgIpc) is 2.64. The second kappa shape index (κ2) is 9.18. The highest BCUT2D eigenvalue weighted by atomic mass is 127. The van der Waals surface area contributed by atoms with Crippen molar-refractivity contribution in [2.45, 2.75) is 6.92 Å². The van der Waals surface area contributed by atoms with Crippen LogP contribution in [0, 0.1) is 3.57 Å². The number of hydrogen-bond donors (Lipinski definition) is 1. The van der Waals surface area contributed by atoms with Gasteiger partial charge in [0.05, 0.1) is 24.8 Å². The van der Waals surface area contributed by atoms with Crippen LogP contribution in [0.4, 0.5) is 5.69 Å². The third-order valence-electron chi connectivity index (χ3n) is 3.66. The summed E-state index contributed by atoms with van der Waals surface area (Å²) in [4.78, 5) is 12.2. The summed E-state index contributed by atoms with van der Waals surface area (Å²) in [5.74, 6) is 0.184. The number of carbonyl (C=O) groups is 1. The van der Waals surface area contributed by atoms with E-state index < -0.39 is 15.9 Å². The van der Waals surface area contributed by atoms with E-state index in [2.05, 4.69) is 33.1 Å². The monoisotopic (exact) mass is 501 g/mol. The molecule has 0 bridgehead atoms. The van der Waals surface area contributed by atoms with Gasteiger partial charge in [0.1, 0.15) is 12.3 Å². The Morgan fingerprint density at radius 3 is 2.26 bits per heavy atom. The van der Waals surface area contributed by atoms with Gasteiger partial charge in [0.15, 0.2) is 0 Å². The number of halogens is 1. The Hall–Kier alpha value is -2.14. The maximum Gasteiger partial charge on any atom is 0.260 e. The van der Waals surface area contributed by atoms with Crippen LogP contribution in [0.25, 0.3) is 0 Å². The smallest absolute Gasteiger partial charge is 0.260 e. The minimum atomic E-state index is -3.62. The van der Waals surface area contributed by atoms with Crippen LogP contribution in [0.1, 0.15) is 12.5 Å². The van der Waals surface area contributed by atoms with Gasteiger partial charge < -0.3 is 4.74 Å².